The van der Waals surface area contributed by atoms with E-state index in [2.05, 4.69) is 15.6 Å². The molecule has 0 fully saturated rings. The molecule has 0 bridgehead atoms. The molecule has 4 nitrogen and oxygen atoms in total. The summed E-state index contributed by atoms with van der Waals surface area (Å²) in [6, 6.07) is 11.4. The van der Waals surface area contributed by atoms with Gasteiger partial charge in [-0.3, -0.25) is 4.79 Å². The molecule has 1 aromatic carbocycles. The van der Waals surface area contributed by atoms with E-state index in [1.807, 2.05) is 43.3 Å². The fraction of sp³-hybridized carbons (Fsp3) is 0.200. The lowest BCUT2D eigenvalue weighted by atomic mass is 10.1. The molecule has 2 aromatic rings. The van der Waals surface area contributed by atoms with Crippen LogP contribution in [0.2, 0.25) is 5.15 Å². The number of halogens is 1. The van der Waals surface area contributed by atoms with Crippen molar-refractivity contribution in [2.75, 3.05) is 10.6 Å². The van der Waals surface area contributed by atoms with Gasteiger partial charge in [0.1, 0.15) is 0 Å². The Morgan fingerprint density at radius 2 is 2.10 bits per heavy atom. The maximum Gasteiger partial charge on any atom is 0.221 e. The topological polar surface area (TPSA) is 54.0 Å². The number of aromatic nitrogens is 1. The van der Waals surface area contributed by atoms with Gasteiger partial charge in [0.05, 0.1) is 5.69 Å². The summed E-state index contributed by atoms with van der Waals surface area (Å²) in [5.74, 6) is -0.0851. The van der Waals surface area contributed by atoms with Gasteiger partial charge in [0, 0.05) is 24.8 Å². The second-order valence-electron chi connectivity index (χ2n) is 4.51. The molecule has 0 saturated carbocycles. The SMILES string of the molecule is CC(=O)Nc1cccc(C(C)Nc2cccnc2Cl)c1. The number of carbonyl (C=O) groups is 1. The summed E-state index contributed by atoms with van der Waals surface area (Å²) in [6.45, 7) is 3.51. The number of pyridine rings is 1. The molecule has 0 aliphatic rings. The van der Waals surface area contributed by atoms with Crippen molar-refractivity contribution >= 4 is 28.9 Å². The van der Waals surface area contributed by atoms with Crippen LogP contribution in [0.15, 0.2) is 42.6 Å². The van der Waals surface area contributed by atoms with Gasteiger partial charge in [0.2, 0.25) is 5.91 Å². The number of nitrogens with one attached hydrogen (secondary N) is 2. The van der Waals surface area contributed by atoms with Gasteiger partial charge < -0.3 is 10.6 Å². The van der Waals surface area contributed by atoms with Crippen molar-refractivity contribution in [2.24, 2.45) is 0 Å². The third kappa shape index (κ3) is 3.71. The van der Waals surface area contributed by atoms with E-state index in [-0.39, 0.29) is 11.9 Å². The zero-order valence-electron chi connectivity index (χ0n) is 11.4. The highest BCUT2D eigenvalue weighted by Gasteiger charge is 2.08. The van der Waals surface area contributed by atoms with Gasteiger partial charge in [-0.1, -0.05) is 23.7 Å². The van der Waals surface area contributed by atoms with Crippen LogP contribution in [0.25, 0.3) is 0 Å². The predicted octanol–water partition coefficient (Wildman–Crippen LogP) is 3.87. The molecule has 1 heterocycles. The highest BCUT2D eigenvalue weighted by molar-refractivity contribution is 6.31. The van der Waals surface area contributed by atoms with Crippen molar-refractivity contribution in [1.82, 2.24) is 4.98 Å². The number of amides is 1. The monoisotopic (exact) mass is 289 g/mol. The summed E-state index contributed by atoms with van der Waals surface area (Å²) in [4.78, 5) is 15.1. The first-order valence-electron chi connectivity index (χ1n) is 6.31. The number of rotatable bonds is 4. The third-order valence-corrected chi connectivity index (χ3v) is 3.14. The lowest BCUT2D eigenvalue weighted by Gasteiger charge is -2.17. The van der Waals surface area contributed by atoms with Crippen LogP contribution in [0, 0.1) is 0 Å². The van der Waals surface area contributed by atoms with Crippen molar-refractivity contribution in [3.63, 3.8) is 0 Å². The zero-order valence-corrected chi connectivity index (χ0v) is 12.1. The van der Waals surface area contributed by atoms with Gasteiger partial charge in [-0.25, -0.2) is 4.98 Å². The van der Waals surface area contributed by atoms with Crippen LogP contribution in [0.3, 0.4) is 0 Å². The molecule has 2 N–H and O–H groups in total. The quantitative estimate of drug-likeness (QED) is 0.840. The van der Waals surface area contributed by atoms with Crippen molar-refractivity contribution in [1.29, 1.82) is 0 Å². The minimum Gasteiger partial charge on any atom is -0.376 e. The van der Waals surface area contributed by atoms with Gasteiger partial charge in [-0.15, -0.1) is 0 Å². The Kier molecular flexibility index (Phi) is 4.58. The first-order valence-corrected chi connectivity index (χ1v) is 6.68. The van der Waals surface area contributed by atoms with Crippen LogP contribution in [0.4, 0.5) is 11.4 Å². The van der Waals surface area contributed by atoms with Gasteiger partial charge >= 0.3 is 0 Å². The molecule has 0 aliphatic carbocycles. The fourth-order valence-electron chi connectivity index (χ4n) is 1.90. The zero-order chi connectivity index (χ0) is 14.5. The summed E-state index contributed by atoms with van der Waals surface area (Å²) in [5, 5.41) is 6.51. The van der Waals surface area contributed by atoms with Gasteiger partial charge in [0.15, 0.2) is 5.15 Å². The lowest BCUT2D eigenvalue weighted by molar-refractivity contribution is -0.114. The Bertz CT molecular complexity index is 616. The largest absolute Gasteiger partial charge is 0.376 e. The third-order valence-electron chi connectivity index (χ3n) is 2.84. The van der Waals surface area contributed by atoms with E-state index in [0.29, 0.717) is 5.15 Å². The maximum absolute atomic E-state index is 11.1. The molecule has 20 heavy (non-hydrogen) atoms. The Morgan fingerprint density at radius 3 is 2.80 bits per heavy atom. The summed E-state index contributed by atoms with van der Waals surface area (Å²) < 4.78 is 0. The van der Waals surface area contributed by atoms with E-state index in [1.165, 1.54) is 6.92 Å². The second kappa shape index (κ2) is 6.39. The molecular formula is C15H16ClN3O. The second-order valence-corrected chi connectivity index (χ2v) is 4.87. The number of carbonyl (C=O) groups excluding carboxylic acids is 1. The number of hydrogen-bond donors (Lipinski definition) is 2. The van der Waals surface area contributed by atoms with E-state index < -0.39 is 0 Å². The van der Waals surface area contributed by atoms with Gasteiger partial charge in [0.25, 0.3) is 0 Å². The average molecular weight is 290 g/mol. The van der Waals surface area contributed by atoms with Gasteiger partial charge in [-0.2, -0.15) is 0 Å². The summed E-state index contributed by atoms with van der Waals surface area (Å²) in [6.07, 6.45) is 1.65. The molecule has 1 unspecified atom stereocenters. The average Bonchev–Trinajstić information content (AvgIpc) is 2.41. The van der Waals surface area contributed by atoms with Crippen molar-refractivity contribution in [3.05, 3.63) is 53.3 Å². The van der Waals surface area contributed by atoms with Crippen LogP contribution < -0.4 is 10.6 Å². The molecule has 1 aromatic heterocycles. The summed E-state index contributed by atoms with van der Waals surface area (Å²) in [7, 11) is 0. The van der Waals surface area contributed by atoms with E-state index in [9.17, 15) is 4.79 Å². The molecular weight excluding hydrogens is 274 g/mol. The lowest BCUT2D eigenvalue weighted by Crippen LogP contribution is -2.09. The van der Waals surface area contributed by atoms with Gasteiger partial charge in [-0.05, 0) is 36.8 Å². The van der Waals surface area contributed by atoms with Crippen LogP contribution >= 0.6 is 11.6 Å². The summed E-state index contributed by atoms with van der Waals surface area (Å²) >= 11 is 6.03. The van der Waals surface area contributed by atoms with Crippen molar-refractivity contribution in [2.45, 2.75) is 19.9 Å². The highest BCUT2D eigenvalue weighted by Crippen LogP contribution is 2.25. The first-order chi connectivity index (χ1) is 9.56. The molecule has 5 heteroatoms. The molecule has 1 atom stereocenters. The Labute approximate surface area is 123 Å². The van der Waals surface area contributed by atoms with E-state index in [0.717, 1.165) is 16.9 Å². The number of benzene rings is 1. The summed E-state index contributed by atoms with van der Waals surface area (Å²) in [5.41, 5.74) is 2.61. The van der Waals surface area contributed by atoms with Crippen LogP contribution in [0.1, 0.15) is 25.5 Å². The number of hydrogen-bond acceptors (Lipinski definition) is 3. The smallest absolute Gasteiger partial charge is 0.221 e. The minimum atomic E-state index is -0.0851. The Balaban J connectivity index is 2.15. The van der Waals surface area contributed by atoms with Crippen LogP contribution in [-0.2, 0) is 4.79 Å². The number of nitrogens with zero attached hydrogens (tertiary/aromatic N) is 1. The predicted molar refractivity (Wildman–Crippen MR) is 82.0 cm³/mol. The Hall–Kier alpha value is -2.07. The minimum absolute atomic E-state index is 0.0467. The number of anilines is 2. The van der Waals surface area contributed by atoms with E-state index in [1.54, 1.807) is 6.20 Å². The molecule has 1 amide bonds. The molecule has 0 radical (unpaired) electrons. The molecule has 2 rings (SSSR count). The molecule has 0 spiro atoms. The normalized spacial score (nSPS) is 11.8. The fourth-order valence-corrected chi connectivity index (χ4v) is 2.07. The first kappa shape index (κ1) is 14.3. The standard InChI is InChI=1S/C15H16ClN3O/c1-10(18-14-7-4-8-17-15(14)16)12-5-3-6-13(9-12)19-11(2)20/h3-10,18H,1-2H3,(H,19,20). The van der Waals surface area contributed by atoms with E-state index >= 15 is 0 Å². The van der Waals surface area contributed by atoms with E-state index in [4.69, 9.17) is 11.6 Å². The molecule has 0 saturated heterocycles. The Morgan fingerprint density at radius 1 is 1.30 bits per heavy atom. The highest BCUT2D eigenvalue weighted by atomic mass is 35.5. The molecule has 0 aliphatic heterocycles. The maximum atomic E-state index is 11.1. The van der Waals surface area contributed by atoms with Crippen molar-refractivity contribution < 1.29 is 4.79 Å². The molecule has 104 valence electrons. The van der Waals surface area contributed by atoms with Crippen LogP contribution in [-0.4, -0.2) is 10.9 Å². The van der Waals surface area contributed by atoms with Crippen molar-refractivity contribution in [3.8, 4) is 0 Å². The van der Waals surface area contributed by atoms with Crippen LogP contribution in [0.5, 0.6) is 0 Å².